The van der Waals surface area contributed by atoms with Gasteiger partial charge in [0.15, 0.2) is 11.5 Å². The molecule has 6 heteroatoms. The van der Waals surface area contributed by atoms with Gasteiger partial charge < -0.3 is 14.8 Å². The minimum atomic E-state index is 0.596. The maximum Gasteiger partial charge on any atom is 0.174 e. The van der Waals surface area contributed by atoms with E-state index in [1.807, 2.05) is 25.1 Å². The second kappa shape index (κ2) is 9.59. The van der Waals surface area contributed by atoms with Crippen LogP contribution in [0.3, 0.4) is 0 Å². The molecule has 0 saturated carbocycles. The van der Waals surface area contributed by atoms with Gasteiger partial charge in [-0.25, -0.2) is 0 Å². The van der Waals surface area contributed by atoms with Gasteiger partial charge in [-0.3, -0.25) is 0 Å². The first-order chi connectivity index (χ1) is 11.5. The summed E-state index contributed by atoms with van der Waals surface area (Å²) in [7, 11) is 0. The number of hydrogen-bond donors (Lipinski definition) is 1. The molecular formula is C18H20Cl2INO2. The zero-order chi connectivity index (χ0) is 17.5. The lowest BCUT2D eigenvalue weighted by molar-refractivity contribution is 0.275. The SMILES string of the molecule is CCCOc1c(I)cc(CNc2ccc(Cl)cc2Cl)cc1OCC. The minimum absolute atomic E-state index is 0.596. The Balaban J connectivity index is 2.17. The van der Waals surface area contributed by atoms with Crippen LogP contribution in [0.2, 0.25) is 10.0 Å². The van der Waals surface area contributed by atoms with Gasteiger partial charge in [0.05, 0.1) is 27.5 Å². The van der Waals surface area contributed by atoms with Crippen LogP contribution in [-0.4, -0.2) is 13.2 Å². The second-order valence-corrected chi connectivity index (χ2v) is 7.17. The van der Waals surface area contributed by atoms with Crippen LogP contribution in [-0.2, 0) is 6.54 Å². The lowest BCUT2D eigenvalue weighted by atomic mass is 10.2. The van der Waals surface area contributed by atoms with Crippen molar-refractivity contribution in [2.24, 2.45) is 0 Å². The Morgan fingerprint density at radius 2 is 1.88 bits per heavy atom. The molecule has 2 rings (SSSR count). The quantitative estimate of drug-likeness (QED) is 0.444. The van der Waals surface area contributed by atoms with Crippen LogP contribution in [0.1, 0.15) is 25.8 Å². The Labute approximate surface area is 166 Å². The normalized spacial score (nSPS) is 10.5. The highest BCUT2D eigenvalue weighted by molar-refractivity contribution is 14.1. The van der Waals surface area contributed by atoms with E-state index in [1.165, 1.54) is 0 Å². The zero-order valence-electron chi connectivity index (χ0n) is 13.7. The smallest absolute Gasteiger partial charge is 0.174 e. The Hall–Kier alpha value is -0.850. The maximum absolute atomic E-state index is 6.20. The van der Waals surface area contributed by atoms with Crippen LogP contribution in [0.5, 0.6) is 11.5 Å². The molecule has 1 N–H and O–H groups in total. The lowest BCUT2D eigenvalue weighted by Crippen LogP contribution is -2.05. The fourth-order valence-corrected chi connectivity index (χ4v) is 3.46. The van der Waals surface area contributed by atoms with Crippen molar-refractivity contribution in [2.45, 2.75) is 26.8 Å². The fourth-order valence-electron chi connectivity index (χ4n) is 2.16. The fraction of sp³-hybridized carbons (Fsp3) is 0.333. The Kier molecular flexibility index (Phi) is 7.78. The second-order valence-electron chi connectivity index (χ2n) is 5.16. The van der Waals surface area contributed by atoms with Crippen LogP contribution in [0.15, 0.2) is 30.3 Å². The van der Waals surface area contributed by atoms with Gasteiger partial charge in [0, 0.05) is 11.6 Å². The number of benzene rings is 2. The molecule has 0 spiro atoms. The molecule has 0 bridgehead atoms. The Morgan fingerprint density at radius 1 is 1.08 bits per heavy atom. The molecule has 0 unspecified atom stereocenters. The van der Waals surface area contributed by atoms with Gasteiger partial charge in [-0.05, 0) is 71.8 Å². The molecule has 0 aliphatic carbocycles. The minimum Gasteiger partial charge on any atom is -0.490 e. The molecule has 0 saturated heterocycles. The summed E-state index contributed by atoms with van der Waals surface area (Å²) >= 11 is 14.4. The van der Waals surface area contributed by atoms with Crippen molar-refractivity contribution < 1.29 is 9.47 Å². The highest BCUT2D eigenvalue weighted by atomic mass is 127. The van der Waals surface area contributed by atoms with Crippen LogP contribution in [0.4, 0.5) is 5.69 Å². The largest absolute Gasteiger partial charge is 0.490 e. The van der Waals surface area contributed by atoms with E-state index in [0.717, 1.165) is 32.7 Å². The van der Waals surface area contributed by atoms with E-state index < -0.39 is 0 Å². The predicted octanol–water partition coefficient (Wildman–Crippen LogP) is 6.40. The number of hydrogen-bond acceptors (Lipinski definition) is 3. The third-order valence-corrected chi connectivity index (χ3v) is 4.58. The zero-order valence-corrected chi connectivity index (χ0v) is 17.3. The van der Waals surface area contributed by atoms with Crippen molar-refractivity contribution in [3.05, 3.63) is 49.5 Å². The van der Waals surface area contributed by atoms with Crippen molar-refractivity contribution in [1.29, 1.82) is 0 Å². The molecule has 0 amide bonds. The molecule has 0 heterocycles. The van der Waals surface area contributed by atoms with E-state index in [4.69, 9.17) is 32.7 Å². The summed E-state index contributed by atoms with van der Waals surface area (Å²) in [5.74, 6) is 1.59. The molecule has 0 aliphatic heterocycles. The average molecular weight is 480 g/mol. The first-order valence-electron chi connectivity index (χ1n) is 7.82. The van der Waals surface area contributed by atoms with Gasteiger partial charge in [0.2, 0.25) is 0 Å². The van der Waals surface area contributed by atoms with E-state index in [9.17, 15) is 0 Å². The van der Waals surface area contributed by atoms with Gasteiger partial charge in [0.25, 0.3) is 0 Å². The molecule has 0 fully saturated rings. The molecule has 130 valence electrons. The van der Waals surface area contributed by atoms with Crippen molar-refractivity contribution in [1.82, 2.24) is 0 Å². The monoisotopic (exact) mass is 479 g/mol. The maximum atomic E-state index is 6.20. The number of rotatable bonds is 8. The topological polar surface area (TPSA) is 30.5 Å². The van der Waals surface area contributed by atoms with E-state index in [1.54, 1.807) is 6.07 Å². The molecular weight excluding hydrogens is 460 g/mol. The number of ether oxygens (including phenoxy) is 2. The average Bonchev–Trinajstić information content (AvgIpc) is 2.53. The van der Waals surface area contributed by atoms with Gasteiger partial charge >= 0.3 is 0 Å². The molecule has 0 aliphatic rings. The van der Waals surface area contributed by atoms with Gasteiger partial charge in [0.1, 0.15) is 0 Å². The molecule has 0 atom stereocenters. The van der Waals surface area contributed by atoms with Gasteiger partial charge in [-0.15, -0.1) is 0 Å². The third kappa shape index (κ3) is 5.33. The summed E-state index contributed by atoms with van der Waals surface area (Å²) in [5.41, 5.74) is 1.94. The van der Waals surface area contributed by atoms with Crippen LogP contribution >= 0.6 is 45.8 Å². The van der Waals surface area contributed by atoms with E-state index in [2.05, 4.69) is 40.9 Å². The van der Waals surface area contributed by atoms with E-state index >= 15 is 0 Å². The number of halogens is 3. The third-order valence-electron chi connectivity index (χ3n) is 3.23. The Morgan fingerprint density at radius 3 is 2.54 bits per heavy atom. The molecule has 0 radical (unpaired) electrons. The molecule has 24 heavy (non-hydrogen) atoms. The molecule has 2 aromatic rings. The van der Waals surface area contributed by atoms with Crippen molar-refractivity contribution in [3.63, 3.8) is 0 Å². The standard InChI is InChI=1S/C18H20Cl2INO2/c1-3-7-24-18-15(21)8-12(9-17(18)23-4-2)11-22-16-6-5-13(19)10-14(16)20/h5-6,8-10,22H,3-4,7,11H2,1-2H3. The number of nitrogens with one attached hydrogen (secondary N) is 1. The highest BCUT2D eigenvalue weighted by Crippen LogP contribution is 2.35. The van der Waals surface area contributed by atoms with Crippen molar-refractivity contribution >= 4 is 51.5 Å². The van der Waals surface area contributed by atoms with E-state index in [0.29, 0.717) is 29.8 Å². The highest BCUT2D eigenvalue weighted by Gasteiger charge is 2.12. The first-order valence-corrected chi connectivity index (χ1v) is 9.65. The van der Waals surface area contributed by atoms with Crippen molar-refractivity contribution in [2.75, 3.05) is 18.5 Å². The predicted molar refractivity (Wildman–Crippen MR) is 110 cm³/mol. The van der Waals surface area contributed by atoms with Crippen LogP contribution < -0.4 is 14.8 Å². The summed E-state index contributed by atoms with van der Waals surface area (Å²) in [6.07, 6.45) is 0.958. The van der Waals surface area contributed by atoms with Crippen LogP contribution in [0.25, 0.3) is 0 Å². The van der Waals surface area contributed by atoms with Gasteiger partial charge in [-0.2, -0.15) is 0 Å². The molecule has 2 aromatic carbocycles. The number of anilines is 1. The summed E-state index contributed by atoms with van der Waals surface area (Å²) in [6.45, 7) is 5.95. The Bertz CT molecular complexity index is 695. The van der Waals surface area contributed by atoms with E-state index in [-0.39, 0.29) is 0 Å². The summed E-state index contributed by atoms with van der Waals surface area (Å²) in [4.78, 5) is 0. The first kappa shape index (κ1) is 19.5. The lowest BCUT2D eigenvalue weighted by Gasteiger charge is -2.16. The summed E-state index contributed by atoms with van der Waals surface area (Å²) < 4.78 is 12.6. The summed E-state index contributed by atoms with van der Waals surface area (Å²) in [6, 6.07) is 9.51. The van der Waals surface area contributed by atoms with Crippen molar-refractivity contribution in [3.8, 4) is 11.5 Å². The summed E-state index contributed by atoms with van der Waals surface area (Å²) in [5, 5.41) is 4.55. The molecule has 3 nitrogen and oxygen atoms in total. The molecule has 0 aromatic heterocycles. The van der Waals surface area contributed by atoms with Gasteiger partial charge in [-0.1, -0.05) is 30.1 Å². The van der Waals surface area contributed by atoms with Crippen LogP contribution in [0, 0.1) is 3.57 Å².